The van der Waals surface area contributed by atoms with E-state index in [9.17, 15) is 0 Å². The van der Waals surface area contributed by atoms with Gasteiger partial charge in [-0.2, -0.15) is 5.10 Å². The first-order valence-corrected chi connectivity index (χ1v) is 9.17. The molecule has 0 saturated heterocycles. The van der Waals surface area contributed by atoms with E-state index in [4.69, 9.17) is 0 Å². The van der Waals surface area contributed by atoms with Gasteiger partial charge >= 0.3 is 0 Å². The summed E-state index contributed by atoms with van der Waals surface area (Å²) < 4.78 is 1.84. The van der Waals surface area contributed by atoms with E-state index in [1.54, 1.807) is 18.1 Å². The Bertz CT molecular complexity index is 1160. The zero-order chi connectivity index (χ0) is 17.3. The summed E-state index contributed by atoms with van der Waals surface area (Å²) in [6, 6.07) is 18.0. The number of nitrogens with one attached hydrogen (secondary N) is 1. The molecule has 0 amide bonds. The molecule has 126 valence electrons. The molecule has 5 aromatic rings. The second kappa shape index (κ2) is 6.27. The highest BCUT2D eigenvalue weighted by Crippen LogP contribution is 2.28. The van der Waals surface area contributed by atoms with Crippen LogP contribution in [0.1, 0.15) is 5.82 Å². The molecule has 0 spiro atoms. The first-order valence-electron chi connectivity index (χ1n) is 8.19. The quantitative estimate of drug-likeness (QED) is 0.388. The standard InChI is InChI=1S/C19H14N6S/c1-2-6-13(7-3-1)25-18-14(10-22-25)19(21-12-20-18)26-11-17-23-15-8-4-5-9-16(15)24-17/h1-10,12H,11H2,(H,23,24). The Labute approximate surface area is 153 Å². The van der Waals surface area contributed by atoms with Gasteiger partial charge in [-0.1, -0.05) is 42.1 Å². The summed E-state index contributed by atoms with van der Waals surface area (Å²) in [6.07, 6.45) is 3.41. The second-order valence-electron chi connectivity index (χ2n) is 5.80. The van der Waals surface area contributed by atoms with Crippen LogP contribution >= 0.6 is 11.8 Å². The summed E-state index contributed by atoms with van der Waals surface area (Å²) in [7, 11) is 0. The molecular formula is C19H14N6S. The smallest absolute Gasteiger partial charge is 0.167 e. The Morgan fingerprint density at radius 1 is 0.962 bits per heavy atom. The van der Waals surface area contributed by atoms with Crippen LogP contribution in [0, 0.1) is 0 Å². The maximum absolute atomic E-state index is 4.62. The maximum atomic E-state index is 4.62. The third kappa shape index (κ3) is 2.62. The molecule has 0 aliphatic rings. The van der Waals surface area contributed by atoms with E-state index in [1.807, 2.05) is 65.5 Å². The van der Waals surface area contributed by atoms with Crippen molar-refractivity contribution < 1.29 is 0 Å². The van der Waals surface area contributed by atoms with Gasteiger partial charge in [0.15, 0.2) is 5.65 Å². The first-order chi connectivity index (χ1) is 12.9. The minimum absolute atomic E-state index is 0.706. The molecule has 0 radical (unpaired) electrons. The van der Waals surface area contributed by atoms with Gasteiger partial charge in [0.05, 0.1) is 34.1 Å². The molecule has 0 fully saturated rings. The van der Waals surface area contributed by atoms with E-state index in [0.717, 1.165) is 38.6 Å². The first kappa shape index (κ1) is 15.1. The Kier molecular flexibility index (Phi) is 3.64. The number of rotatable bonds is 4. The lowest BCUT2D eigenvalue weighted by Gasteiger charge is -2.03. The number of para-hydroxylation sites is 3. The molecular weight excluding hydrogens is 344 g/mol. The van der Waals surface area contributed by atoms with Crippen LogP contribution in [0.3, 0.4) is 0 Å². The molecule has 3 aromatic heterocycles. The van der Waals surface area contributed by atoms with E-state index < -0.39 is 0 Å². The van der Waals surface area contributed by atoms with Crippen LogP contribution < -0.4 is 0 Å². The van der Waals surface area contributed by atoms with Crippen LogP contribution in [0.15, 0.2) is 72.1 Å². The molecule has 0 bridgehead atoms. The summed E-state index contributed by atoms with van der Waals surface area (Å²) in [5, 5.41) is 6.34. The summed E-state index contributed by atoms with van der Waals surface area (Å²) >= 11 is 1.63. The van der Waals surface area contributed by atoms with Crippen molar-refractivity contribution in [1.82, 2.24) is 29.7 Å². The lowest BCUT2D eigenvalue weighted by atomic mass is 10.3. The van der Waals surface area contributed by atoms with E-state index in [-0.39, 0.29) is 0 Å². The van der Waals surface area contributed by atoms with E-state index in [0.29, 0.717) is 5.75 Å². The van der Waals surface area contributed by atoms with Crippen molar-refractivity contribution in [1.29, 1.82) is 0 Å². The highest BCUT2D eigenvalue weighted by molar-refractivity contribution is 7.98. The number of fused-ring (bicyclic) bond motifs is 2. The number of hydrogen-bond donors (Lipinski definition) is 1. The van der Waals surface area contributed by atoms with Gasteiger partial charge in [0.1, 0.15) is 17.2 Å². The van der Waals surface area contributed by atoms with E-state index in [2.05, 4.69) is 25.0 Å². The van der Waals surface area contributed by atoms with Gasteiger partial charge in [0.25, 0.3) is 0 Å². The molecule has 6 nitrogen and oxygen atoms in total. The van der Waals surface area contributed by atoms with Gasteiger partial charge in [-0.05, 0) is 24.3 Å². The molecule has 0 aliphatic carbocycles. The van der Waals surface area contributed by atoms with E-state index in [1.165, 1.54) is 0 Å². The molecule has 7 heteroatoms. The molecule has 3 heterocycles. The Balaban J connectivity index is 1.46. The maximum Gasteiger partial charge on any atom is 0.167 e. The number of benzene rings is 2. The summed E-state index contributed by atoms with van der Waals surface area (Å²) in [6.45, 7) is 0. The van der Waals surface area contributed by atoms with Gasteiger partial charge in [-0.25, -0.2) is 19.6 Å². The predicted octanol–water partition coefficient (Wildman–Crippen LogP) is 3.98. The van der Waals surface area contributed by atoms with Gasteiger partial charge in [0.2, 0.25) is 0 Å². The summed E-state index contributed by atoms with van der Waals surface area (Å²) in [4.78, 5) is 16.8. The molecule has 5 rings (SSSR count). The SMILES string of the molecule is c1ccc(-n2ncc3c(SCc4nc5ccccc5[nH]4)ncnc32)cc1. The zero-order valence-electron chi connectivity index (χ0n) is 13.7. The highest BCUT2D eigenvalue weighted by atomic mass is 32.2. The molecule has 0 unspecified atom stereocenters. The van der Waals surface area contributed by atoms with Crippen molar-refractivity contribution in [3.8, 4) is 5.69 Å². The zero-order valence-corrected chi connectivity index (χ0v) is 14.5. The highest BCUT2D eigenvalue weighted by Gasteiger charge is 2.12. The summed E-state index contributed by atoms with van der Waals surface area (Å²) in [5.41, 5.74) is 3.81. The monoisotopic (exact) mass is 358 g/mol. The van der Waals surface area contributed by atoms with Crippen LogP contribution in [0.2, 0.25) is 0 Å². The Hall–Kier alpha value is -3.19. The lowest BCUT2D eigenvalue weighted by molar-refractivity contribution is 0.893. The van der Waals surface area contributed by atoms with Crippen LogP contribution in [0.4, 0.5) is 0 Å². The van der Waals surface area contributed by atoms with E-state index >= 15 is 0 Å². The average Bonchev–Trinajstić information content (AvgIpc) is 3.31. The number of aromatic nitrogens is 6. The molecule has 26 heavy (non-hydrogen) atoms. The molecule has 0 atom stereocenters. The number of thioether (sulfide) groups is 1. The van der Waals surface area contributed by atoms with Crippen molar-refractivity contribution in [2.24, 2.45) is 0 Å². The topological polar surface area (TPSA) is 72.3 Å². The third-order valence-electron chi connectivity index (χ3n) is 4.11. The van der Waals surface area contributed by atoms with Crippen LogP contribution in [0.5, 0.6) is 0 Å². The number of hydrogen-bond acceptors (Lipinski definition) is 5. The van der Waals surface area contributed by atoms with Crippen molar-refractivity contribution in [2.45, 2.75) is 10.8 Å². The van der Waals surface area contributed by atoms with Crippen molar-refractivity contribution >= 4 is 33.8 Å². The van der Waals surface area contributed by atoms with Crippen LogP contribution in [-0.4, -0.2) is 29.7 Å². The Morgan fingerprint density at radius 2 is 1.81 bits per heavy atom. The Morgan fingerprint density at radius 3 is 2.69 bits per heavy atom. The largest absolute Gasteiger partial charge is 0.341 e. The van der Waals surface area contributed by atoms with Gasteiger partial charge in [-0.15, -0.1) is 0 Å². The minimum Gasteiger partial charge on any atom is -0.341 e. The number of imidazole rings is 1. The fraction of sp³-hybridized carbons (Fsp3) is 0.0526. The number of H-pyrrole nitrogens is 1. The molecule has 0 saturated carbocycles. The third-order valence-corrected chi connectivity index (χ3v) is 5.13. The molecule has 1 N–H and O–H groups in total. The number of aromatic amines is 1. The average molecular weight is 358 g/mol. The van der Waals surface area contributed by atoms with Gasteiger partial charge in [0, 0.05) is 0 Å². The normalized spacial score (nSPS) is 11.4. The fourth-order valence-electron chi connectivity index (χ4n) is 2.91. The second-order valence-corrected chi connectivity index (χ2v) is 6.76. The van der Waals surface area contributed by atoms with Gasteiger partial charge in [-0.3, -0.25) is 0 Å². The van der Waals surface area contributed by atoms with Crippen LogP contribution in [0.25, 0.3) is 27.8 Å². The number of nitrogens with zero attached hydrogens (tertiary/aromatic N) is 5. The van der Waals surface area contributed by atoms with Crippen molar-refractivity contribution in [3.63, 3.8) is 0 Å². The lowest BCUT2D eigenvalue weighted by Crippen LogP contribution is -1.97. The summed E-state index contributed by atoms with van der Waals surface area (Å²) in [5.74, 6) is 1.63. The van der Waals surface area contributed by atoms with Crippen molar-refractivity contribution in [2.75, 3.05) is 0 Å². The molecule has 2 aromatic carbocycles. The van der Waals surface area contributed by atoms with Crippen LogP contribution in [-0.2, 0) is 5.75 Å². The fourth-order valence-corrected chi connectivity index (χ4v) is 3.74. The van der Waals surface area contributed by atoms with Gasteiger partial charge < -0.3 is 4.98 Å². The van der Waals surface area contributed by atoms with Crippen molar-refractivity contribution in [3.05, 3.63) is 72.9 Å². The predicted molar refractivity (Wildman–Crippen MR) is 102 cm³/mol. The molecule has 0 aliphatic heterocycles. The minimum atomic E-state index is 0.706.